The summed E-state index contributed by atoms with van der Waals surface area (Å²) in [6.45, 7) is 0.583. The molecule has 0 aliphatic carbocycles. The van der Waals surface area contributed by atoms with E-state index in [1.165, 1.54) is 0 Å². The van der Waals surface area contributed by atoms with Crippen molar-refractivity contribution in [1.82, 2.24) is 0 Å². The molecule has 1 aliphatic rings. The number of hydrogen-bond acceptors (Lipinski definition) is 4. The Balaban J connectivity index is 2.36. The summed E-state index contributed by atoms with van der Waals surface area (Å²) in [5.74, 6) is 0. The van der Waals surface area contributed by atoms with Crippen LogP contribution in [0.25, 0.3) is 0 Å². The number of halogens is 3. The van der Waals surface area contributed by atoms with Gasteiger partial charge < -0.3 is 10.5 Å². The second kappa shape index (κ2) is 6.82. The predicted molar refractivity (Wildman–Crippen MR) is 60.7 cm³/mol. The van der Waals surface area contributed by atoms with E-state index in [0.29, 0.717) is 19.4 Å². The van der Waals surface area contributed by atoms with Crippen LogP contribution in [-0.2, 0) is 9.47 Å². The zero-order chi connectivity index (χ0) is 12.9. The van der Waals surface area contributed by atoms with Gasteiger partial charge in [0.15, 0.2) is 6.29 Å². The van der Waals surface area contributed by atoms with Crippen molar-refractivity contribution in [2.75, 3.05) is 6.54 Å². The van der Waals surface area contributed by atoms with Crippen LogP contribution >= 0.6 is 12.6 Å². The monoisotopic (exact) mass is 273 g/mol. The lowest BCUT2D eigenvalue weighted by Gasteiger charge is -2.33. The third-order valence-corrected chi connectivity index (χ3v) is 3.01. The van der Waals surface area contributed by atoms with Gasteiger partial charge in [0.2, 0.25) is 0 Å². The lowest BCUT2D eigenvalue weighted by atomic mass is 10.0. The van der Waals surface area contributed by atoms with E-state index < -0.39 is 12.7 Å². The molecule has 17 heavy (non-hydrogen) atoms. The van der Waals surface area contributed by atoms with Gasteiger partial charge in [-0.05, 0) is 32.2 Å². The molecule has 0 spiro atoms. The maximum atomic E-state index is 12.1. The molecule has 1 aliphatic heterocycles. The molecule has 0 aromatic heterocycles. The molecule has 7 heteroatoms. The van der Waals surface area contributed by atoms with Crippen molar-refractivity contribution in [3.63, 3.8) is 0 Å². The highest BCUT2D eigenvalue weighted by molar-refractivity contribution is 7.80. The third kappa shape index (κ3) is 6.49. The molecule has 2 N–H and O–H groups in total. The zero-order valence-corrected chi connectivity index (χ0v) is 10.3. The molecule has 0 aromatic rings. The highest BCUT2D eigenvalue weighted by Crippen LogP contribution is 2.30. The van der Waals surface area contributed by atoms with Gasteiger partial charge in [-0.25, -0.2) is 0 Å². The normalized spacial score (nSPS) is 30.5. The molecular weight excluding hydrogens is 255 g/mol. The lowest BCUT2D eigenvalue weighted by molar-refractivity contribution is -0.388. The van der Waals surface area contributed by atoms with E-state index in [0.717, 1.165) is 12.8 Å². The maximum absolute atomic E-state index is 12.1. The summed E-state index contributed by atoms with van der Waals surface area (Å²) in [4.78, 5) is 0. The smallest absolute Gasteiger partial charge is 0.349 e. The summed E-state index contributed by atoms with van der Waals surface area (Å²) in [5.41, 5.74) is 5.35. The first-order chi connectivity index (χ1) is 7.90. The fourth-order valence-corrected chi connectivity index (χ4v) is 2.28. The van der Waals surface area contributed by atoms with E-state index in [-0.39, 0.29) is 17.8 Å². The SMILES string of the molecule is NCCCCC1CC(S)CC(OC(F)(F)F)O1. The number of alkyl halides is 3. The molecule has 0 aromatic carbocycles. The van der Waals surface area contributed by atoms with Crippen LogP contribution in [0.3, 0.4) is 0 Å². The van der Waals surface area contributed by atoms with Crippen LogP contribution in [0.1, 0.15) is 32.1 Å². The van der Waals surface area contributed by atoms with E-state index in [9.17, 15) is 13.2 Å². The minimum atomic E-state index is -4.66. The lowest BCUT2D eigenvalue weighted by Crippen LogP contribution is -2.38. The van der Waals surface area contributed by atoms with Gasteiger partial charge in [-0.1, -0.05) is 0 Å². The Kier molecular flexibility index (Phi) is 6.05. The molecule has 102 valence electrons. The van der Waals surface area contributed by atoms with Crippen LogP contribution in [0, 0.1) is 0 Å². The Bertz CT molecular complexity index is 228. The largest absolute Gasteiger partial charge is 0.524 e. The molecule has 0 amide bonds. The van der Waals surface area contributed by atoms with Crippen LogP contribution < -0.4 is 5.73 Å². The summed E-state index contributed by atoms with van der Waals surface area (Å²) in [5, 5.41) is -0.112. The molecule has 0 bridgehead atoms. The summed E-state index contributed by atoms with van der Waals surface area (Å²) in [6.07, 6.45) is -2.88. The molecule has 0 radical (unpaired) electrons. The molecule has 1 saturated heterocycles. The minimum absolute atomic E-state index is 0.112. The Morgan fingerprint density at radius 3 is 2.59 bits per heavy atom. The Hall–Kier alpha value is 0.0200. The van der Waals surface area contributed by atoms with Gasteiger partial charge in [0.05, 0.1) is 6.10 Å². The molecule has 0 saturated carbocycles. The number of unbranched alkanes of at least 4 members (excludes halogenated alkanes) is 1. The summed E-state index contributed by atoms with van der Waals surface area (Å²) < 4.78 is 45.3. The molecule has 3 nitrogen and oxygen atoms in total. The van der Waals surface area contributed by atoms with Gasteiger partial charge in [-0.2, -0.15) is 12.6 Å². The van der Waals surface area contributed by atoms with Crippen molar-refractivity contribution in [2.24, 2.45) is 5.73 Å². The van der Waals surface area contributed by atoms with Crippen LogP contribution in [-0.4, -0.2) is 30.6 Å². The second-order valence-corrected chi connectivity index (χ2v) is 4.89. The molecule has 3 unspecified atom stereocenters. The Morgan fingerprint density at radius 2 is 2.00 bits per heavy atom. The van der Waals surface area contributed by atoms with Gasteiger partial charge in [0.25, 0.3) is 0 Å². The molecule has 1 rings (SSSR count). The van der Waals surface area contributed by atoms with Crippen molar-refractivity contribution in [3.8, 4) is 0 Å². The average molecular weight is 273 g/mol. The van der Waals surface area contributed by atoms with Gasteiger partial charge in [0, 0.05) is 11.7 Å². The van der Waals surface area contributed by atoms with Crippen molar-refractivity contribution in [1.29, 1.82) is 0 Å². The molecule has 1 fully saturated rings. The number of hydrogen-bond donors (Lipinski definition) is 2. The Morgan fingerprint density at radius 1 is 1.29 bits per heavy atom. The number of thiol groups is 1. The first-order valence-corrected chi connectivity index (χ1v) is 6.20. The maximum Gasteiger partial charge on any atom is 0.524 e. The topological polar surface area (TPSA) is 44.5 Å². The average Bonchev–Trinajstić information content (AvgIpc) is 2.14. The Labute approximate surface area is 104 Å². The summed E-state index contributed by atoms with van der Waals surface area (Å²) >= 11 is 4.22. The first kappa shape index (κ1) is 15.1. The van der Waals surface area contributed by atoms with E-state index in [4.69, 9.17) is 10.5 Å². The minimum Gasteiger partial charge on any atom is -0.349 e. The predicted octanol–water partition coefficient (Wildman–Crippen LogP) is 2.46. The van der Waals surface area contributed by atoms with Crippen molar-refractivity contribution in [2.45, 2.75) is 56.1 Å². The van der Waals surface area contributed by atoms with Gasteiger partial charge in [-0.15, -0.1) is 13.2 Å². The van der Waals surface area contributed by atoms with Crippen molar-refractivity contribution in [3.05, 3.63) is 0 Å². The van der Waals surface area contributed by atoms with Crippen molar-refractivity contribution < 1.29 is 22.6 Å². The van der Waals surface area contributed by atoms with E-state index in [1.807, 2.05) is 0 Å². The van der Waals surface area contributed by atoms with E-state index in [1.54, 1.807) is 0 Å². The standard InChI is InChI=1S/C10H18F3NO2S/c11-10(12,13)16-9-6-8(17)5-7(15-9)3-1-2-4-14/h7-9,17H,1-6,14H2. The molecular formula is C10H18F3NO2S. The van der Waals surface area contributed by atoms with Crippen LogP contribution in [0.2, 0.25) is 0 Å². The molecule has 3 atom stereocenters. The zero-order valence-electron chi connectivity index (χ0n) is 9.45. The van der Waals surface area contributed by atoms with Crippen LogP contribution in [0.15, 0.2) is 0 Å². The van der Waals surface area contributed by atoms with Crippen LogP contribution in [0.5, 0.6) is 0 Å². The number of rotatable bonds is 5. The van der Waals surface area contributed by atoms with E-state index in [2.05, 4.69) is 17.4 Å². The van der Waals surface area contributed by atoms with Crippen LogP contribution in [0.4, 0.5) is 13.2 Å². The van der Waals surface area contributed by atoms with Crippen molar-refractivity contribution >= 4 is 12.6 Å². The fourth-order valence-electron chi connectivity index (χ4n) is 1.87. The van der Waals surface area contributed by atoms with Gasteiger partial charge >= 0.3 is 6.36 Å². The van der Waals surface area contributed by atoms with E-state index >= 15 is 0 Å². The fraction of sp³-hybridized carbons (Fsp3) is 1.00. The van der Waals surface area contributed by atoms with Gasteiger partial charge in [-0.3, -0.25) is 4.74 Å². The summed E-state index contributed by atoms with van der Waals surface area (Å²) in [7, 11) is 0. The number of ether oxygens (including phenoxy) is 2. The third-order valence-electron chi connectivity index (χ3n) is 2.59. The quantitative estimate of drug-likeness (QED) is 0.597. The highest BCUT2D eigenvalue weighted by Gasteiger charge is 2.38. The van der Waals surface area contributed by atoms with Gasteiger partial charge in [0.1, 0.15) is 0 Å². The number of nitrogens with two attached hydrogens (primary N) is 1. The highest BCUT2D eigenvalue weighted by atomic mass is 32.1. The second-order valence-electron chi connectivity index (χ2n) is 4.16. The summed E-state index contributed by atoms with van der Waals surface area (Å²) in [6, 6.07) is 0. The molecule has 1 heterocycles. The first-order valence-electron chi connectivity index (χ1n) is 5.69.